The number of allylic oxidation sites excluding steroid dienone is 2. The Bertz CT molecular complexity index is 1870. The van der Waals surface area contributed by atoms with Crippen LogP contribution >= 0.6 is 0 Å². The van der Waals surface area contributed by atoms with Gasteiger partial charge in [-0.25, -0.2) is 0 Å². The molecule has 7 aromatic rings. The van der Waals surface area contributed by atoms with Gasteiger partial charge < -0.3 is 9.13 Å². The summed E-state index contributed by atoms with van der Waals surface area (Å²) < 4.78 is 4.78. The number of rotatable bonds is 6. The topological polar surface area (TPSA) is 9.86 Å². The molecule has 0 atom stereocenters. The van der Waals surface area contributed by atoms with Crippen LogP contribution in [0, 0.1) is 0 Å². The largest absolute Gasteiger partial charge is 0.309 e. The maximum Gasteiger partial charge on any atom is 0.0541 e. The maximum absolute atomic E-state index is 3.93. The maximum atomic E-state index is 3.93. The predicted molar refractivity (Wildman–Crippen MR) is 163 cm³/mol. The Kier molecular flexibility index (Phi) is 5.26. The molecular formula is C36H28N2. The summed E-state index contributed by atoms with van der Waals surface area (Å²) in [4.78, 5) is 0. The highest BCUT2D eigenvalue weighted by molar-refractivity contribution is 6.10. The molecule has 0 aliphatic carbocycles. The molecule has 2 heterocycles. The highest BCUT2D eigenvalue weighted by Gasteiger charge is 2.16. The molecule has 2 heteroatoms. The Labute approximate surface area is 222 Å². The summed E-state index contributed by atoms with van der Waals surface area (Å²) in [5.74, 6) is 0. The quantitative estimate of drug-likeness (QED) is 0.206. The van der Waals surface area contributed by atoms with Crippen LogP contribution < -0.4 is 0 Å². The number of hydrogen-bond donors (Lipinski definition) is 0. The number of aromatic nitrogens is 2. The van der Waals surface area contributed by atoms with Crippen LogP contribution in [0.5, 0.6) is 0 Å². The van der Waals surface area contributed by atoms with Crippen molar-refractivity contribution in [2.24, 2.45) is 0 Å². The zero-order valence-electron chi connectivity index (χ0n) is 21.3. The fraction of sp³-hybridized carbons (Fsp3) is 0.0556. The molecule has 182 valence electrons. The summed E-state index contributed by atoms with van der Waals surface area (Å²) in [6.07, 6.45) is 5.67. The molecule has 0 saturated heterocycles. The first-order chi connectivity index (χ1) is 18.8. The molecule has 0 aliphatic heterocycles. The van der Waals surface area contributed by atoms with Gasteiger partial charge >= 0.3 is 0 Å². The summed E-state index contributed by atoms with van der Waals surface area (Å²) in [6.45, 7) is 7.86. The van der Waals surface area contributed by atoms with Crippen molar-refractivity contribution in [3.8, 4) is 11.4 Å². The smallest absolute Gasteiger partial charge is 0.0541 e. The third-order valence-electron chi connectivity index (χ3n) is 7.58. The second kappa shape index (κ2) is 8.93. The third-order valence-corrected chi connectivity index (χ3v) is 7.58. The van der Waals surface area contributed by atoms with Crippen molar-refractivity contribution in [1.82, 2.24) is 9.13 Å². The summed E-state index contributed by atoms with van der Waals surface area (Å²) in [5, 5.41) is 5.09. The lowest BCUT2D eigenvalue weighted by atomic mass is 10.1. The molecular weight excluding hydrogens is 460 g/mol. The molecule has 2 nitrogen and oxygen atoms in total. The van der Waals surface area contributed by atoms with Gasteiger partial charge in [0.25, 0.3) is 0 Å². The van der Waals surface area contributed by atoms with E-state index >= 15 is 0 Å². The van der Waals surface area contributed by atoms with Gasteiger partial charge in [0, 0.05) is 32.9 Å². The van der Waals surface area contributed by atoms with E-state index < -0.39 is 0 Å². The molecule has 5 aromatic carbocycles. The molecule has 0 amide bonds. The lowest BCUT2D eigenvalue weighted by molar-refractivity contribution is 1.13. The van der Waals surface area contributed by atoms with Gasteiger partial charge in [0.2, 0.25) is 0 Å². The Morgan fingerprint density at radius 1 is 0.447 bits per heavy atom. The van der Waals surface area contributed by atoms with Crippen molar-refractivity contribution in [2.45, 2.75) is 12.8 Å². The molecule has 0 spiro atoms. The highest BCUT2D eigenvalue weighted by atomic mass is 15.0. The first-order valence-electron chi connectivity index (χ1n) is 13.1. The van der Waals surface area contributed by atoms with E-state index in [2.05, 4.69) is 131 Å². The molecule has 2 aromatic heterocycles. The molecule has 0 saturated carbocycles. The first kappa shape index (κ1) is 22.4. The van der Waals surface area contributed by atoms with E-state index in [1.165, 1.54) is 54.7 Å². The van der Waals surface area contributed by atoms with E-state index in [0.717, 1.165) is 24.2 Å². The molecule has 0 aliphatic rings. The number of fused-ring (bicyclic) bond motifs is 6. The van der Waals surface area contributed by atoms with Gasteiger partial charge in [0.15, 0.2) is 0 Å². The zero-order valence-corrected chi connectivity index (χ0v) is 21.3. The van der Waals surface area contributed by atoms with Gasteiger partial charge in [-0.05, 0) is 78.6 Å². The van der Waals surface area contributed by atoms with Crippen LogP contribution in [0.15, 0.2) is 135 Å². The van der Waals surface area contributed by atoms with Gasteiger partial charge in [0.05, 0.1) is 22.1 Å². The van der Waals surface area contributed by atoms with Gasteiger partial charge in [-0.15, -0.1) is 13.2 Å². The highest BCUT2D eigenvalue weighted by Crippen LogP contribution is 2.36. The lowest BCUT2D eigenvalue weighted by Crippen LogP contribution is -1.98. The fourth-order valence-corrected chi connectivity index (χ4v) is 5.95. The van der Waals surface area contributed by atoms with Crippen molar-refractivity contribution < 1.29 is 0 Å². The van der Waals surface area contributed by atoms with Crippen LogP contribution in [-0.2, 0) is 12.8 Å². The van der Waals surface area contributed by atoms with Crippen molar-refractivity contribution >= 4 is 43.6 Å². The fourth-order valence-electron chi connectivity index (χ4n) is 5.95. The van der Waals surface area contributed by atoms with Crippen LogP contribution in [-0.4, -0.2) is 9.13 Å². The molecule has 0 unspecified atom stereocenters. The SMILES string of the molecule is C=CCc1ccc2c(c1)c1ccccc1n2-c1cccc(-n2c3ccccc3c3cc(CC=C)ccc32)c1. The molecule has 0 fully saturated rings. The minimum absolute atomic E-state index is 0.868. The van der Waals surface area contributed by atoms with E-state index in [1.54, 1.807) is 0 Å². The average Bonchev–Trinajstić information content (AvgIpc) is 3.46. The van der Waals surface area contributed by atoms with Gasteiger partial charge in [-0.2, -0.15) is 0 Å². The van der Waals surface area contributed by atoms with Crippen LogP contribution in [0.2, 0.25) is 0 Å². The van der Waals surface area contributed by atoms with E-state index in [-0.39, 0.29) is 0 Å². The van der Waals surface area contributed by atoms with E-state index in [0.29, 0.717) is 0 Å². The third kappa shape index (κ3) is 3.42. The summed E-state index contributed by atoms with van der Waals surface area (Å²) in [5.41, 5.74) is 9.73. The number of para-hydroxylation sites is 2. The Balaban J connectivity index is 1.48. The average molecular weight is 489 g/mol. The van der Waals surface area contributed by atoms with Crippen molar-refractivity contribution in [2.75, 3.05) is 0 Å². The minimum atomic E-state index is 0.868. The second-order valence-electron chi connectivity index (χ2n) is 9.91. The van der Waals surface area contributed by atoms with E-state index in [1.807, 2.05) is 12.2 Å². The summed E-state index contributed by atoms with van der Waals surface area (Å²) in [6, 6.07) is 39.9. The standard InChI is InChI=1S/C36H28N2/c1-3-10-25-18-20-35-31(22-25)29-14-5-7-16-33(29)37(35)27-12-9-13-28(24-27)38-34-17-8-6-15-30(34)32-23-26(11-4-2)19-21-36(32)38/h3-9,12-24H,1-2,10-11H2. The first-order valence-corrected chi connectivity index (χ1v) is 13.1. The van der Waals surface area contributed by atoms with Crippen LogP contribution in [0.1, 0.15) is 11.1 Å². The van der Waals surface area contributed by atoms with E-state index in [4.69, 9.17) is 0 Å². The minimum Gasteiger partial charge on any atom is -0.309 e. The number of hydrogen-bond acceptors (Lipinski definition) is 0. The molecule has 0 bridgehead atoms. The van der Waals surface area contributed by atoms with Crippen molar-refractivity contribution in [1.29, 1.82) is 0 Å². The normalized spacial score (nSPS) is 11.6. The Morgan fingerprint density at radius 3 is 1.37 bits per heavy atom. The monoisotopic (exact) mass is 488 g/mol. The molecule has 0 N–H and O–H groups in total. The number of benzene rings is 5. The Hall–Kier alpha value is -4.82. The second-order valence-corrected chi connectivity index (χ2v) is 9.91. The van der Waals surface area contributed by atoms with Gasteiger partial charge in [0.1, 0.15) is 0 Å². The van der Waals surface area contributed by atoms with Crippen LogP contribution in [0.25, 0.3) is 55.0 Å². The van der Waals surface area contributed by atoms with Crippen LogP contribution in [0.3, 0.4) is 0 Å². The zero-order chi connectivity index (χ0) is 25.6. The van der Waals surface area contributed by atoms with Crippen molar-refractivity contribution in [3.05, 3.63) is 146 Å². The predicted octanol–water partition coefficient (Wildman–Crippen LogP) is 9.34. The lowest BCUT2D eigenvalue weighted by Gasteiger charge is -2.13. The summed E-state index contributed by atoms with van der Waals surface area (Å²) in [7, 11) is 0. The van der Waals surface area contributed by atoms with Crippen molar-refractivity contribution in [3.63, 3.8) is 0 Å². The van der Waals surface area contributed by atoms with Gasteiger partial charge in [-0.1, -0.05) is 66.7 Å². The number of nitrogens with zero attached hydrogens (tertiary/aromatic N) is 2. The Morgan fingerprint density at radius 2 is 0.895 bits per heavy atom. The van der Waals surface area contributed by atoms with E-state index in [9.17, 15) is 0 Å². The summed E-state index contributed by atoms with van der Waals surface area (Å²) >= 11 is 0. The van der Waals surface area contributed by atoms with Gasteiger partial charge in [-0.3, -0.25) is 0 Å². The molecule has 0 radical (unpaired) electrons. The molecule has 7 rings (SSSR count). The van der Waals surface area contributed by atoms with Crippen LogP contribution in [0.4, 0.5) is 0 Å². The molecule has 38 heavy (non-hydrogen) atoms.